The molecule has 1 saturated heterocycles. The molecule has 3 aliphatic heterocycles. The largest absolute Gasteiger partial charge is 0.493 e. The number of ether oxygens (including phenoxy) is 1. The van der Waals surface area contributed by atoms with Crippen molar-refractivity contribution in [1.29, 1.82) is 0 Å². The topological polar surface area (TPSA) is 70.2 Å². The zero-order chi connectivity index (χ0) is 24.6. The summed E-state index contributed by atoms with van der Waals surface area (Å²) in [5, 5.41) is 0. The van der Waals surface area contributed by atoms with Crippen molar-refractivity contribution >= 4 is 17.7 Å². The first kappa shape index (κ1) is 22.5. The van der Waals surface area contributed by atoms with Crippen molar-refractivity contribution in [1.82, 2.24) is 14.7 Å². The van der Waals surface area contributed by atoms with E-state index in [0.717, 1.165) is 44.0 Å². The predicted molar refractivity (Wildman–Crippen MR) is 134 cm³/mol. The van der Waals surface area contributed by atoms with Gasteiger partial charge in [0.1, 0.15) is 5.75 Å². The number of hydrogen-bond acceptors (Lipinski definition) is 5. The first-order chi connectivity index (χ1) is 17.6. The molecule has 0 spiro atoms. The van der Waals surface area contributed by atoms with Crippen molar-refractivity contribution < 1.29 is 19.1 Å². The van der Waals surface area contributed by atoms with Crippen LogP contribution in [-0.4, -0.2) is 65.2 Å². The number of rotatable bonds is 5. The first-order valence-corrected chi connectivity index (χ1v) is 12.4. The summed E-state index contributed by atoms with van der Waals surface area (Å²) in [4.78, 5) is 43.9. The van der Waals surface area contributed by atoms with Gasteiger partial charge in [0, 0.05) is 44.7 Å². The summed E-state index contributed by atoms with van der Waals surface area (Å²) in [6, 6.07) is 20.5. The van der Waals surface area contributed by atoms with Gasteiger partial charge in [-0.3, -0.25) is 24.2 Å². The number of carbonyl (C=O) groups excluding carboxylic acids is 3. The fourth-order valence-corrected chi connectivity index (χ4v) is 5.21. The van der Waals surface area contributed by atoms with E-state index in [9.17, 15) is 14.4 Å². The maximum absolute atomic E-state index is 13.1. The smallest absolute Gasteiger partial charge is 0.261 e. The second-order valence-corrected chi connectivity index (χ2v) is 9.55. The molecular formula is C29H27N3O4. The minimum Gasteiger partial charge on any atom is -0.493 e. The van der Waals surface area contributed by atoms with Crippen LogP contribution in [0.5, 0.6) is 5.75 Å². The maximum atomic E-state index is 13.1. The van der Waals surface area contributed by atoms with Crippen LogP contribution >= 0.6 is 0 Å². The lowest BCUT2D eigenvalue weighted by Crippen LogP contribution is -2.48. The molecule has 0 radical (unpaired) electrons. The van der Waals surface area contributed by atoms with E-state index in [1.165, 1.54) is 16.0 Å². The molecule has 36 heavy (non-hydrogen) atoms. The van der Waals surface area contributed by atoms with Crippen LogP contribution in [0.15, 0.2) is 66.7 Å². The minimum atomic E-state index is -0.276. The van der Waals surface area contributed by atoms with E-state index in [2.05, 4.69) is 23.1 Å². The summed E-state index contributed by atoms with van der Waals surface area (Å²) in [5.41, 5.74) is 4.89. The van der Waals surface area contributed by atoms with Gasteiger partial charge in [-0.2, -0.15) is 0 Å². The molecule has 0 saturated carbocycles. The van der Waals surface area contributed by atoms with Crippen molar-refractivity contribution in [3.05, 3.63) is 100 Å². The minimum absolute atomic E-state index is 0.0107. The van der Waals surface area contributed by atoms with E-state index < -0.39 is 0 Å². The molecule has 0 aromatic heterocycles. The summed E-state index contributed by atoms with van der Waals surface area (Å²) in [6.45, 7) is 4.86. The highest BCUT2D eigenvalue weighted by Gasteiger charge is 2.35. The molecule has 0 aliphatic carbocycles. The van der Waals surface area contributed by atoms with Crippen LogP contribution in [-0.2, 0) is 19.5 Å². The first-order valence-electron chi connectivity index (χ1n) is 12.4. The van der Waals surface area contributed by atoms with Crippen LogP contribution in [0.1, 0.15) is 47.8 Å². The van der Waals surface area contributed by atoms with Gasteiger partial charge in [0.05, 0.1) is 24.3 Å². The molecule has 0 N–H and O–H groups in total. The van der Waals surface area contributed by atoms with Crippen molar-refractivity contribution in [2.45, 2.75) is 19.5 Å². The molecule has 3 amide bonds. The Kier molecular flexibility index (Phi) is 5.77. The fourth-order valence-electron chi connectivity index (χ4n) is 5.21. The normalized spacial score (nSPS) is 17.2. The standard InChI is InChI=1S/C29H27N3O4/c33-27(31-14-12-30(13-15-31)18-21-7-10-26-23(17-21)11-16-36-26)22-8-5-20(6-9-22)19-32-28(34)24-3-1-2-4-25(24)29(32)35/h1-10,17H,11-16,18-19H2. The number of piperazine rings is 1. The summed E-state index contributed by atoms with van der Waals surface area (Å²) in [6.07, 6.45) is 0.975. The fraction of sp³-hybridized carbons (Fsp3) is 0.276. The van der Waals surface area contributed by atoms with Crippen molar-refractivity contribution in [3.63, 3.8) is 0 Å². The molecule has 0 bridgehead atoms. The number of carbonyl (C=O) groups is 3. The molecule has 7 nitrogen and oxygen atoms in total. The van der Waals surface area contributed by atoms with E-state index in [4.69, 9.17) is 4.74 Å². The third-order valence-electron chi connectivity index (χ3n) is 7.24. The van der Waals surface area contributed by atoms with Gasteiger partial charge >= 0.3 is 0 Å². The lowest BCUT2D eigenvalue weighted by atomic mass is 10.1. The van der Waals surface area contributed by atoms with Crippen LogP contribution in [0, 0.1) is 0 Å². The van der Waals surface area contributed by atoms with Gasteiger partial charge in [-0.25, -0.2) is 0 Å². The Hall–Kier alpha value is -3.97. The van der Waals surface area contributed by atoms with Crippen LogP contribution in [0.25, 0.3) is 0 Å². The van der Waals surface area contributed by atoms with E-state index in [1.807, 2.05) is 17.0 Å². The molecule has 182 valence electrons. The third kappa shape index (κ3) is 4.16. The molecule has 3 aliphatic rings. The van der Waals surface area contributed by atoms with Gasteiger partial charge in [0.15, 0.2) is 0 Å². The second kappa shape index (κ2) is 9.24. The predicted octanol–water partition coefficient (Wildman–Crippen LogP) is 3.38. The van der Waals surface area contributed by atoms with Gasteiger partial charge in [-0.15, -0.1) is 0 Å². The number of hydrogen-bond donors (Lipinski definition) is 0. The Morgan fingerprint density at radius 3 is 2.14 bits per heavy atom. The maximum Gasteiger partial charge on any atom is 0.261 e. The average molecular weight is 482 g/mol. The molecule has 0 unspecified atom stereocenters. The third-order valence-corrected chi connectivity index (χ3v) is 7.24. The molecule has 3 aromatic carbocycles. The lowest BCUT2D eigenvalue weighted by molar-refractivity contribution is 0.0621. The summed E-state index contributed by atoms with van der Waals surface area (Å²) < 4.78 is 5.60. The van der Waals surface area contributed by atoms with Gasteiger partial charge in [0.2, 0.25) is 0 Å². The number of fused-ring (bicyclic) bond motifs is 2. The second-order valence-electron chi connectivity index (χ2n) is 9.55. The zero-order valence-electron chi connectivity index (χ0n) is 20.0. The van der Waals surface area contributed by atoms with Crippen molar-refractivity contribution in [3.8, 4) is 5.75 Å². The van der Waals surface area contributed by atoms with E-state index >= 15 is 0 Å². The quantitative estimate of drug-likeness (QED) is 0.523. The molecule has 1 fully saturated rings. The molecule has 3 heterocycles. The van der Waals surface area contributed by atoms with Crippen LogP contribution in [0.4, 0.5) is 0 Å². The number of amides is 3. The SMILES string of the molecule is O=C(c1ccc(CN2C(=O)c3ccccc3C2=O)cc1)N1CCN(Cc2ccc3c(c2)CCO3)CC1. The van der Waals surface area contributed by atoms with E-state index in [0.29, 0.717) is 29.8 Å². The molecule has 3 aromatic rings. The van der Waals surface area contributed by atoms with Crippen molar-refractivity contribution in [2.75, 3.05) is 32.8 Å². The number of nitrogens with zero attached hydrogens (tertiary/aromatic N) is 3. The van der Waals surface area contributed by atoms with E-state index in [-0.39, 0.29) is 24.3 Å². The lowest BCUT2D eigenvalue weighted by Gasteiger charge is -2.35. The molecule has 0 atom stereocenters. The van der Waals surface area contributed by atoms with Gasteiger partial charge in [-0.05, 0) is 47.0 Å². The Balaban J connectivity index is 1.04. The molecular weight excluding hydrogens is 454 g/mol. The summed E-state index contributed by atoms with van der Waals surface area (Å²) in [5.74, 6) is 0.462. The van der Waals surface area contributed by atoms with Crippen LogP contribution < -0.4 is 4.74 Å². The molecule has 6 rings (SSSR count). The van der Waals surface area contributed by atoms with E-state index in [1.54, 1.807) is 36.4 Å². The average Bonchev–Trinajstić information content (AvgIpc) is 3.48. The Morgan fingerprint density at radius 2 is 1.44 bits per heavy atom. The monoisotopic (exact) mass is 481 g/mol. The number of benzene rings is 3. The summed E-state index contributed by atoms with van der Waals surface area (Å²) >= 11 is 0. The highest BCUT2D eigenvalue weighted by atomic mass is 16.5. The zero-order valence-corrected chi connectivity index (χ0v) is 20.0. The Bertz CT molecular complexity index is 1310. The Morgan fingerprint density at radius 1 is 0.778 bits per heavy atom. The van der Waals surface area contributed by atoms with Gasteiger partial charge < -0.3 is 9.64 Å². The molecule has 7 heteroatoms. The van der Waals surface area contributed by atoms with Crippen molar-refractivity contribution in [2.24, 2.45) is 0 Å². The van der Waals surface area contributed by atoms with Crippen LogP contribution in [0.2, 0.25) is 0 Å². The van der Waals surface area contributed by atoms with Gasteiger partial charge in [-0.1, -0.05) is 36.4 Å². The summed E-state index contributed by atoms with van der Waals surface area (Å²) in [7, 11) is 0. The Labute approximate surface area is 209 Å². The number of imide groups is 1. The van der Waals surface area contributed by atoms with Gasteiger partial charge in [0.25, 0.3) is 17.7 Å². The highest BCUT2D eigenvalue weighted by Crippen LogP contribution is 2.27. The highest BCUT2D eigenvalue weighted by molar-refractivity contribution is 6.21. The van der Waals surface area contributed by atoms with Crippen LogP contribution in [0.3, 0.4) is 0 Å².